The number of methoxy groups -OCH3 is 1. The lowest BCUT2D eigenvalue weighted by atomic mass is 10.1. The standard InChI is InChI=1S/C23H27N5O3/c1-16-4-3-5-17(14-16)24-22(30)20-15-21(29)26-23(25-20)28-12-10-27(11-13-28)18-6-8-19(31-2)9-7-18/h3-9,14,20H,10-13,15H2,1-2H3,(H,24,30)(H,25,26,29)/t20-/m1/s1. The topological polar surface area (TPSA) is 86.3 Å². The molecule has 0 saturated carbocycles. The molecule has 162 valence electrons. The Kier molecular flexibility index (Phi) is 6.06. The van der Waals surface area contributed by atoms with Crippen LogP contribution in [0.1, 0.15) is 12.0 Å². The molecule has 0 aliphatic carbocycles. The summed E-state index contributed by atoms with van der Waals surface area (Å²) in [5.74, 6) is 0.855. The number of aliphatic imine (C=N–C) groups is 1. The molecular formula is C23H27N5O3. The molecular weight excluding hydrogens is 394 g/mol. The van der Waals surface area contributed by atoms with E-state index in [4.69, 9.17) is 4.74 Å². The second kappa shape index (κ2) is 9.07. The van der Waals surface area contributed by atoms with Gasteiger partial charge in [0.25, 0.3) is 0 Å². The first-order chi connectivity index (χ1) is 15.0. The van der Waals surface area contributed by atoms with Gasteiger partial charge in [0, 0.05) is 37.6 Å². The van der Waals surface area contributed by atoms with E-state index in [-0.39, 0.29) is 18.2 Å². The van der Waals surface area contributed by atoms with Crippen LogP contribution >= 0.6 is 0 Å². The van der Waals surface area contributed by atoms with Crippen LogP contribution in [0.2, 0.25) is 0 Å². The number of aryl methyl sites for hydroxylation is 1. The maximum Gasteiger partial charge on any atom is 0.249 e. The molecule has 2 heterocycles. The van der Waals surface area contributed by atoms with Gasteiger partial charge in [0.1, 0.15) is 11.8 Å². The van der Waals surface area contributed by atoms with Crippen molar-refractivity contribution in [3.8, 4) is 5.75 Å². The predicted molar refractivity (Wildman–Crippen MR) is 121 cm³/mol. The summed E-state index contributed by atoms with van der Waals surface area (Å²) in [5, 5.41) is 5.71. The van der Waals surface area contributed by atoms with Crippen LogP contribution in [-0.2, 0) is 9.59 Å². The minimum atomic E-state index is -0.733. The van der Waals surface area contributed by atoms with Gasteiger partial charge in [-0.25, -0.2) is 4.99 Å². The Hall–Kier alpha value is -3.55. The summed E-state index contributed by atoms with van der Waals surface area (Å²) in [4.78, 5) is 33.8. The Morgan fingerprint density at radius 1 is 1.10 bits per heavy atom. The van der Waals surface area contributed by atoms with Gasteiger partial charge in [0.15, 0.2) is 0 Å². The number of nitrogens with one attached hydrogen (secondary N) is 2. The Morgan fingerprint density at radius 3 is 2.48 bits per heavy atom. The van der Waals surface area contributed by atoms with Crippen molar-refractivity contribution in [1.29, 1.82) is 0 Å². The maximum absolute atomic E-state index is 12.7. The smallest absolute Gasteiger partial charge is 0.249 e. The summed E-state index contributed by atoms with van der Waals surface area (Å²) in [6.07, 6.45) is 0.0486. The molecule has 0 spiro atoms. The molecule has 2 N–H and O–H groups in total. The van der Waals surface area contributed by atoms with Crippen LogP contribution in [0.25, 0.3) is 0 Å². The van der Waals surface area contributed by atoms with Crippen molar-refractivity contribution < 1.29 is 14.3 Å². The van der Waals surface area contributed by atoms with E-state index >= 15 is 0 Å². The minimum absolute atomic E-state index is 0.0486. The highest BCUT2D eigenvalue weighted by molar-refractivity contribution is 6.06. The number of ether oxygens (including phenoxy) is 1. The fourth-order valence-corrected chi connectivity index (χ4v) is 3.81. The number of guanidine groups is 1. The number of anilines is 2. The van der Waals surface area contributed by atoms with Gasteiger partial charge >= 0.3 is 0 Å². The fraction of sp³-hybridized carbons (Fsp3) is 0.348. The zero-order valence-corrected chi connectivity index (χ0v) is 17.8. The third-order valence-electron chi connectivity index (χ3n) is 5.51. The van der Waals surface area contributed by atoms with Gasteiger partial charge < -0.3 is 19.9 Å². The number of benzene rings is 2. The van der Waals surface area contributed by atoms with Gasteiger partial charge in [-0.15, -0.1) is 0 Å². The molecule has 2 aliphatic heterocycles. The Morgan fingerprint density at radius 2 is 1.81 bits per heavy atom. The van der Waals surface area contributed by atoms with Crippen molar-refractivity contribution in [3.63, 3.8) is 0 Å². The molecule has 0 bridgehead atoms. The number of piperazine rings is 1. The number of nitrogens with zero attached hydrogens (tertiary/aromatic N) is 3. The lowest BCUT2D eigenvalue weighted by Crippen LogP contribution is -2.56. The van der Waals surface area contributed by atoms with Crippen molar-refractivity contribution >= 4 is 29.1 Å². The van der Waals surface area contributed by atoms with E-state index < -0.39 is 6.04 Å². The second-order valence-corrected chi connectivity index (χ2v) is 7.75. The van der Waals surface area contributed by atoms with E-state index in [1.54, 1.807) is 7.11 Å². The van der Waals surface area contributed by atoms with Gasteiger partial charge in [0.2, 0.25) is 17.8 Å². The Labute approximate surface area is 181 Å². The molecule has 2 amide bonds. The average molecular weight is 422 g/mol. The first kappa shape index (κ1) is 20.7. The SMILES string of the molecule is COc1ccc(N2CCN(C3=N[C@@H](C(=O)Nc4cccc(C)c4)CC(=O)N3)CC2)cc1. The molecule has 31 heavy (non-hydrogen) atoms. The van der Waals surface area contributed by atoms with Crippen LogP contribution in [0.4, 0.5) is 11.4 Å². The molecule has 2 aliphatic rings. The Balaban J connectivity index is 1.39. The molecule has 8 nitrogen and oxygen atoms in total. The maximum atomic E-state index is 12.7. The van der Waals surface area contributed by atoms with E-state index in [9.17, 15) is 9.59 Å². The number of carbonyl (C=O) groups is 2. The van der Waals surface area contributed by atoms with Crippen LogP contribution in [0, 0.1) is 6.92 Å². The van der Waals surface area contributed by atoms with Crippen molar-refractivity contribution in [2.45, 2.75) is 19.4 Å². The molecule has 0 unspecified atom stereocenters. The number of hydrogen-bond donors (Lipinski definition) is 2. The summed E-state index contributed by atoms with van der Waals surface area (Å²) < 4.78 is 5.22. The van der Waals surface area contributed by atoms with Gasteiger partial charge in [-0.3, -0.25) is 14.9 Å². The highest BCUT2D eigenvalue weighted by atomic mass is 16.5. The number of hydrogen-bond acceptors (Lipinski definition) is 6. The molecule has 2 aromatic carbocycles. The highest BCUT2D eigenvalue weighted by Crippen LogP contribution is 2.21. The van der Waals surface area contributed by atoms with E-state index in [2.05, 4.69) is 20.5 Å². The fourth-order valence-electron chi connectivity index (χ4n) is 3.81. The summed E-state index contributed by atoms with van der Waals surface area (Å²) >= 11 is 0. The minimum Gasteiger partial charge on any atom is -0.497 e. The third kappa shape index (κ3) is 4.96. The molecule has 0 aromatic heterocycles. The van der Waals surface area contributed by atoms with Crippen molar-refractivity contribution in [3.05, 3.63) is 54.1 Å². The second-order valence-electron chi connectivity index (χ2n) is 7.75. The van der Waals surface area contributed by atoms with Crippen LogP contribution in [0.3, 0.4) is 0 Å². The van der Waals surface area contributed by atoms with E-state index in [1.165, 1.54) is 0 Å². The monoisotopic (exact) mass is 421 g/mol. The highest BCUT2D eigenvalue weighted by Gasteiger charge is 2.30. The number of amides is 2. The van der Waals surface area contributed by atoms with Gasteiger partial charge in [-0.2, -0.15) is 0 Å². The quantitative estimate of drug-likeness (QED) is 0.789. The third-order valence-corrected chi connectivity index (χ3v) is 5.51. The summed E-state index contributed by atoms with van der Waals surface area (Å²) in [6, 6.07) is 14.8. The first-order valence-electron chi connectivity index (χ1n) is 10.4. The van der Waals surface area contributed by atoms with Gasteiger partial charge in [-0.05, 0) is 48.9 Å². The predicted octanol–water partition coefficient (Wildman–Crippen LogP) is 2.01. The van der Waals surface area contributed by atoms with Crippen LogP contribution < -0.4 is 20.3 Å². The molecule has 4 rings (SSSR count). The molecule has 0 radical (unpaired) electrons. The van der Waals surface area contributed by atoms with E-state index in [0.717, 1.165) is 30.1 Å². The number of carbonyl (C=O) groups excluding carboxylic acids is 2. The molecule has 1 fully saturated rings. The van der Waals surface area contributed by atoms with Crippen molar-refractivity contribution in [1.82, 2.24) is 10.2 Å². The zero-order valence-electron chi connectivity index (χ0n) is 17.8. The van der Waals surface area contributed by atoms with Crippen LogP contribution in [0.15, 0.2) is 53.5 Å². The van der Waals surface area contributed by atoms with E-state index in [1.807, 2.05) is 60.4 Å². The van der Waals surface area contributed by atoms with Gasteiger partial charge in [0.05, 0.1) is 13.5 Å². The summed E-state index contributed by atoms with van der Waals surface area (Å²) in [7, 11) is 1.65. The van der Waals surface area contributed by atoms with Crippen LogP contribution in [-0.4, -0.2) is 62.0 Å². The lowest BCUT2D eigenvalue weighted by molar-refractivity contribution is -0.125. The number of rotatable bonds is 4. The Bertz CT molecular complexity index is 981. The lowest BCUT2D eigenvalue weighted by Gasteiger charge is -2.38. The zero-order chi connectivity index (χ0) is 21.8. The summed E-state index contributed by atoms with van der Waals surface area (Å²) in [5.41, 5.74) is 2.89. The normalized spacial score (nSPS) is 18.8. The van der Waals surface area contributed by atoms with Crippen LogP contribution in [0.5, 0.6) is 5.75 Å². The molecule has 2 aromatic rings. The first-order valence-corrected chi connectivity index (χ1v) is 10.4. The average Bonchev–Trinajstić information content (AvgIpc) is 2.79. The van der Waals surface area contributed by atoms with Crippen molar-refractivity contribution in [2.24, 2.45) is 4.99 Å². The molecule has 8 heteroatoms. The van der Waals surface area contributed by atoms with Crippen molar-refractivity contribution in [2.75, 3.05) is 43.5 Å². The van der Waals surface area contributed by atoms with E-state index in [0.29, 0.717) is 24.7 Å². The largest absolute Gasteiger partial charge is 0.497 e. The molecule has 1 saturated heterocycles. The molecule has 1 atom stereocenters. The van der Waals surface area contributed by atoms with Gasteiger partial charge in [-0.1, -0.05) is 12.1 Å². The summed E-state index contributed by atoms with van der Waals surface area (Å²) in [6.45, 7) is 4.96.